The lowest BCUT2D eigenvalue weighted by Gasteiger charge is -2.28. The molecule has 0 saturated heterocycles. The van der Waals surface area contributed by atoms with Crippen LogP contribution in [0.15, 0.2) is 36.4 Å². The quantitative estimate of drug-likeness (QED) is 0.430. The van der Waals surface area contributed by atoms with E-state index in [1.807, 2.05) is 36.4 Å². The van der Waals surface area contributed by atoms with Crippen LogP contribution in [0, 0.1) is 0 Å². The summed E-state index contributed by atoms with van der Waals surface area (Å²) < 4.78 is 11.0. The number of benzene rings is 2. The molecule has 6 nitrogen and oxygen atoms in total. The molecule has 0 atom stereocenters. The molecule has 0 saturated carbocycles. The van der Waals surface area contributed by atoms with Gasteiger partial charge in [0.15, 0.2) is 0 Å². The molecular formula is C25H36N2O4. The van der Waals surface area contributed by atoms with Crippen LogP contribution in [0.5, 0.6) is 11.5 Å². The van der Waals surface area contributed by atoms with E-state index >= 15 is 0 Å². The van der Waals surface area contributed by atoms with E-state index in [0.717, 1.165) is 16.7 Å². The van der Waals surface area contributed by atoms with Gasteiger partial charge in [-0.3, -0.25) is 0 Å². The molecule has 0 aliphatic heterocycles. The summed E-state index contributed by atoms with van der Waals surface area (Å²) in [6.45, 7) is 13.1. The summed E-state index contributed by atoms with van der Waals surface area (Å²) in [5.74, 6) is 0.962. The number of anilines is 1. The number of ether oxygens (including phenoxy) is 2. The molecule has 0 aliphatic carbocycles. The van der Waals surface area contributed by atoms with Crippen LogP contribution >= 0.6 is 0 Å². The Bertz CT molecular complexity index is 843. The summed E-state index contributed by atoms with van der Waals surface area (Å²) >= 11 is 0. The number of hydrogen-bond donors (Lipinski definition) is 3. The number of nitrogens with one attached hydrogen (secondary N) is 1. The van der Waals surface area contributed by atoms with Gasteiger partial charge in [-0.25, -0.2) is 4.79 Å². The normalized spacial score (nSPS) is 11.8. The first-order chi connectivity index (χ1) is 14.4. The first kappa shape index (κ1) is 24.4. The van der Waals surface area contributed by atoms with E-state index < -0.39 is 6.09 Å². The van der Waals surface area contributed by atoms with Crippen molar-refractivity contribution in [3.8, 4) is 11.5 Å². The van der Waals surface area contributed by atoms with E-state index in [1.165, 1.54) is 0 Å². The first-order valence-corrected chi connectivity index (χ1v) is 10.6. The Kier molecular flexibility index (Phi) is 7.82. The van der Waals surface area contributed by atoms with Crippen molar-refractivity contribution in [3.05, 3.63) is 53.1 Å². The zero-order chi connectivity index (χ0) is 23.2. The van der Waals surface area contributed by atoms with Gasteiger partial charge in [0.1, 0.15) is 24.7 Å². The summed E-state index contributed by atoms with van der Waals surface area (Å²) in [4.78, 5) is 11.9. The topological polar surface area (TPSA) is 93.8 Å². The number of hydrogen-bond acceptors (Lipinski definition) is 5. The maximum atomic E-state index is 11.9. The van der Waals surface area contributed by atoms with Gasteiger partial charge in [0.25, 0.3) is 0 Å². The van der Waals surface area contributed by atoms with E-state index in [1.54, 1.807) is 0 Å². The van der Waals surface area contributed by atoms with Crippen molar-refractivity contribution in [2.45, 2.75) is 58.8 Å². The van der Waals surface area contributed by atoms with Crippen LogP contribution < -0.4 is 15.8 Å². The molecule has 0 radical (unpaired) electrons. The Morgan fingerprint density at radius 2 is 1.52 bits per heavy atom. The highest BCUT2D eigenvalue weighted by Crippen LogP contribution is 2.41. The molecule has 0 spiro atoms. The van der Waals surface area contributed by atoms with Crippen molar-refractivity contribution < 1.29 is 19.4 Å². The second kappa shape index (κ2) is 9.94. The molecule has 2 aromatic carbocycles. The summed E-state index contributed by atoms with van der Waals surface area (Å²) in [7, 11) is 0. The van der Waals surface area contributed by atoms with Gasteiger partial charge < -0.3 is 25.6 Å². The van der Waals surface area contributed by atoms with Gasteiger partial charge in [-0.05, 0) is 47.1 Å². The number of carbonyl (C=O) groups excluding carboxylic acids is 1. The first-order valence-electron chi connectivity index (χ1n) is 10.6. The summed E-state index contributed by atoms with van der Waals surface area (Å²) in [5.41, 5.74) is 8.67. The lowest BCUT2D eigenvalue weighted by atomic mass is 9.79. The van der Waals surface area contributed by atoms with Crippen LogP contribution in [0.3, 0.4) is 0 Å². The third-order valence-corrected chi connectivity index (χ3v) is 4.95. The van der Waals surface area contributed by atoms with Gasteiger partial charge >= 0.3 is 6.09 Å². The number of carbonyl (C=O) groups is 1. The van der Waals surface area contributed by atoms with Gasteiger partial charge in [-0.15, -0.1) is 0 Å². The number of amides is 1. The fourth-order valence-electron chi connectivity index (χ4n) is 3.17. The molecule has 6 heteroatoms. The zero-order valence-electron chi connectivity index (χ0n) is 19.5. The number of alkyl carbamates (subject to hydrolysis) is 1. The molecule has 1 amide bonds. The number of aromatic hydroxyl groups is 1. The number of phenols is 1. The average Bonchev–Trinajstić information content (AvgIpc) is 2.66. The number of rotatable bonds is 7. The summed E-state index contributed by atoms with van der Waals surface area (Å²) in [6, 6.07) is 11.3. The second-order valence-corrected chi connectivity index (χ2v) is 9.77. The predicted octanol–water partition coefficient (Wildman–Crippen LogP) is 4.92. The van der Waals surface area contributed by atoms with Crippen molar-refractivity contribution in [1.82, 2.24) is 5.32 Å². The minimum Gasteiger partial charge on any atom is -0.507 e. The summed E-state index contributed by atoms with van der Waals surface area (Å²) in [6.07, 6.45) is 0.223. The highest BCUT2D eigenvalue weighted by molar-refractivity contribution is 5.67. The smallest absolute Gasteiger partial charge is 0.407 e. The van der Waals surface area contributed by atoms with E-state index in [-0.39, 0.29) is 24.0 Å². The molecule has 0 aliphatic rings. The standard InChI is InChI=1S/C25H36N2O4/c1-24(2,3)20-15-19(16-21(22(20)28)25(4,5)6)30-13-14-31-23(29)27-12-11-17-7-9-18(26)10-8-17/h7-10,15-16,28H,11-14,26H2,1-6H3,(H,27,29). The second-order valence-electron chi connectivity index (χ2n) is 9.77. The number of phenolic OH excluding ortho intramolecular Hbond substituents is 1. The largest absolute Gasteiger partial charge is 0.507 e. The van der Waals surface area contributed by atoms with Crippen LogP contribution in [-0.4, -0.2) is 31.0 Å². The number of nitrogen functional groups attached to an aromatic ring is 1. The highest BCUT2D eigenvalue weighted by atomic mass is 16.6. The van der Waals surface area contributed by atoms with Crippen molar-refractivity contribution >= 4 is 11.8 Å². The molecule has 31 heavy (non-hydrogen) atoms. The molecule has 2 rings (SSSR count). The van der Waals surface area contributed by atoms with Crippen LogP contribution in [-0.2, 0) is 22.0 Å². The van der Waals surface area contributed by atoms with Gasteiger partial charge in [-0.1, -0.05) is 53.7 Å². The van der Waals surface area contributed by atoms with Gasteiger partial charge in [0.05, 0.1) is 0 Å². The lowest BCUT2D eigenvalue weighted by molar-refractivity contribution is 0.125. The van der Waals surface area contributed by atoms with Crippen LogP contribution in [0.4, 0.5) is 10.5 Å². The Morgan fingerprint density at radius 3 is 2.03 bits per heavy atom. The van der Waals surface area contributed by atoms with Crippen molar-refractivity contribution in [1.29, 1.82) is 0 Å². The molecule has 0 unspecified atom stereocenters. The fraction of sp³-hybridized carbons (Fsp3) is 0.480. The molecule has 0 bridgehead atoms. The van der Waals surface area contributed by atoms with Crippen LogP contribution in [0.1, 0.15) is 58.2 Å². The van der Waals surface area contributed by atoms with Crippen molar-refractivity contribution in [2.24, 2.45) is 0 Å². The molecule has 0 fully saturated rings. The van der Waals surface area contributed by atoms with Crippen molar-refractivity contribution in [3.63, 3.8) is 0 Å². The molecule has 4 N–H and O–H groups in total. The SMILES string of the molecule is CC(C)(C)c1cc(OCCOC(=O)NCCc2ccc(N)cc2)cc(C(C)(C)C)c1O. The molecular weight excluding hydrogens is 392 g/mol. The van der Waals surface area contributed by atoms with E-state index in [4.69, 9.17) is 15.2 Å². The Balaban J connectivity index is 1.86. The molecule has 0 aromatic heterocycles. The maximum Gasteiger partial charge on any atom is 0.407 e. The Hall–Kier alpha value is -2.89. The molecule has 170 valence electrons. The monoisotopic (exact) mass is 428 g/mol. The van der Waals surface area contributed by atoms with Gasteiger partial charge in [-0.2, -0.15) is 0 Å². The molecule has 0 heterocycles. The maximum absolute atomic E-state index is 11.9. The van der Waals surface area contributed by atoms with Crippen LogP contribution in [0.25, 0.3) is 0 Å². The summed E-state index contributed by atoms with van der Waals surface area (Å²) in [5, 5.41) is 13.5. The third-order valence-electron chi connectivity index (χ3n) is 4.95. The lowest BCUT2D eigenvalue weighted by Crippen LogP contribution is -2.28. The highest BCUT2D eigenvalue weighted by Gasteiger charge is 2.27. The van der Waals surface area contributed by atoms with Crippen LogP contribution in [0.2, 0.25) is 0 Å². The van der Waals surface area contributed by atoms with E-state index in [9.17, 15) is 9.90 Å². The van der Waals surface area contributed by atoms with Gasteiger partial charge in [0, 0.05) is 23.4 Å². The fourth-order valence-corrected chi connectivity index (χ4v) is 3.17. The third kappa shape index (κ3) is 7.39. The van der Waals surface area contributed by atoms with Gasteiger partial charge in [0.2, 0.25) is 0 Å². The Labute approximate surface area is 185 Å². The minimum atomic E-state index is -0.476. The minimum absolute atomic E-state index is 0.129. The number of nitrogens with two attached hydrogens (primary N) is 1. The van der Waals surface area contributed by atoms with Crippen molar-refractivity contribution in [2.75, 3.05) is 25.5 Å². The van der Waals surface area contributed by atoms with E-state index in [0.29, 0.717) is 30.2 Å². The Morgan fingerprint density at radius 1 is 0.968 bits per heavy atom. The van der Waals surface area contributed by atoms with E-state index in [2.05, 4.69) is 46.9 Å². The average molecular weight is 429 g/mol. The predicted molar refractivity (Wildman–Crippen MR) is 125 cm³/mol. The molecule has 2 aromatic rings. The zero-order valence-corrected chi connectivity index (χ0v) is 19.5.